The highest BCUT2D eigenvalue weighted by atomic mass is 16.6. The first kappa shape index (κ1) is 16.4. The van der Waals surface area contributed by atoms with Gasteiger partial charge >= 0.3 is 5.97 Å². The zero-order valence-corrected chi connectivity index (χ0v) is 13.0. The molecule has 4 heteroatoms. The van der Waals surface area contributed by atoms with Crippen LogP contribution in [0.2, 0.25) is 0 Å². The lowest BCUT2D eigenvalue weighted by molar-refractivity contribution is -0.158. The van der Waals surface area contributed by atoms with E-state index in [4.69, 9.17) is 10.5 Å². The minimum absolute atomic E-state index is 0.00387. The molecule has 0 aliphatic heterocycles. The Balaban J connectivity index is 2.67. The zero-order valence-electron chi connectivity index (χ0n) is 13.0. The van der Waals surface area contributed by atoms with E-state index in [1.54, 1.807) is 0 Å². The predicted octanol–water partition coefficient (Wildman–Crippen LogP) is 2.31. The van der Waals surface area contributed by atoms with E-state index in [0.717, 1.165) is 19.4 Å². The lowest BCUT2D eigenvalue weighted by Gasteiger charge is -2.45. The van der Waals surface area contributed by atoms with Crippen molar-refractivity contribution in [2.24, 2.45) is 5.73 Å². The quantitative estimate of drug-likeness (QED) is 0.779. The first-order valence-electron chi connectivity index (χ1n) is 7.50. The average molecular weight is 270 g/mol. The van der Waals surface area contributed by atoms with Crippen molar-refractivity contribution in [1.82, 2.24) is 4.90 Å². The SMILES string of the molecule is CCN(CC(=O)OC(C)(C)C)C1(CN)CCCCC1. The zero-order chi connectivity index (χ0) is 14.5. The summed E-state index contributed by atoms with van der Waals surface area (Å²) in [5.74, 6) is -0.146. The molecular weight excluding hydrogens is 240 g/mol. The molecule has 0 atom stereocenters. The highest BCUT2D eigenvalue weighted by molar-refractivity contribution is 5.72. The normalized spacial score (nSPS) is 19.5. The molecule has 0 saturated heterocycles. The van der Waals surface area contributed by atoms with E-state index in [1.807, 2.05) is 20.8 Å². The van der Waals surface area contributed by atoms with Gasteiger partial charge in [-0.25, -0.2) is 0 Å². The van der Waals surface area contributed by atoms with Crippen LogP contribution >= 0.6 is 0 Å². The van der Waals surface area contributed by atoms with E-state index in [-0.39, 0.29) is 11.5 Å². The van der Waals surface area contributed by atoms with Crippen molar-refractivity contribution in [2.45, 2.75) is 70.9 Å². The number of esters is 1. The van der Waals surface area contributed by atoms with Gasteiger partial charge in [0.2, 0.25) is 0 Å². The van der Waals surface area contributed by atoms with Gasteiger partial charge in [0.15, 0.2) is 0 Å². The highest BCUT2D eigenvalue weighted by Gasteiger charge is 2.37. The molecule has 1 fully saturated rings. The Kier molecular flexibility index (Phi) is 5.81. The van der Waals surface area contributed by atoms with Crippen molar-refractivity contribution in [3.8, 4) is 0 Å². The minimum Gasteiger partial charge on any atom is -0.459 e. The van der Waals surface area contributed by atoms with Gasteiger partial charge in [-0.2, -0.15) is 0 Å². The van der Waals surface area contributed by atoms with Gasteiger partial charge in [-0.05, 0) is 40.2 Å². The highest BCUT2D eigenvalue weighted by Crippen LogP contribution is 2.32. The number of hydrogen-bond acceptors (Lipinski definition) is 4. The van der Waals surface area contributed by atoms with Crippen LogP contribution in [0.3, 0.4) is 0 Å². The molecule has 4 nitrogen and oxygen atoms in total. The number of nitrogens with two attached hydrogens (primary N) is 1. The average Bonchev–Trinajstić information content (AvgIpc) is 2.34. The van der Waals surface area contributed by atoms with E-state index in [0.29, 0.717) is 13.1 Å². The smallest absolute Gasteiger partial charge is 0.320 e. The van der Waals surface area contributed by atoms with Crippen LogP contribution in [-0.2, 0) is 9.53 Å². The van der Waals surface area contributed by atoms with Gasteiger partial charge in [-0.3, -0.25) is 9.69 Å². The second-order valence-electron chi connectivity index (χ2n) is 6.59. The summed E-state index contributed by atoms with van der Waals surface area (Å²) >= 11 is 0. The van der Waals surface area contributed by atoms with Gasteiger partial charge in [0.1, 0.15) is 5.60 Å². The number of carbonyl (C=O) groups excluding carboxylic acids is 1. The lowest BCUT2D eigenvalue weighted by atomic mass is 9.80. The fraction of sp³-hybridized carbons (Fsp3) is 0.933. The first-order valence-corrected chi connectivity index (χ1v) is 7.50. The van der Waals surface area contributed by atoms with Crippen LogP contribution in [0.4, 0.5) is 0 Å². The largest absolute Gasteiger partial charge is 0.459 e. The summed E-state index contributed by atoms with van der Waals surface area (Å²) in [6, 6.07) is 0. The number of carbonyl (C=O) groups is 1. The van der Waals surface area contributed by atoms with Crippen LogP contribution in [0.1, 0.15) is 59.8 Å². The van der Waals surface area contributed by atoms with E-state index in [9.17, 15) is 4.79 Å². The van der Waals surface area contributed by atoms with Crippen molar-refractivity contribution in [3.63, 3.8) is 0 Å². The Bertz CT molecular complexity index is 291. The molecule has 112 valence electrons. The van der Waals surface area contributed by atoms with Crippen LogP contribution in [0.25, 0.3) is 0 Å². The van der Waals surface area contributed by atoms with Crippen LogP contribution in [0.15, 0.2) is 0 Å². The Morgan fingerprint density at radius 2 is 1.84 bits per heavy atom. The van der Waals surface area contributed by atoms with Crippen LogP contribution in [0.5, 0.6) is 0 Å². The summed E-state index contributed by atoms with van der Waals surface area (Å²) in [5.41, 5.74) is 5.61. The van der Waals surface area contributed by atoms with Gasteiger partial charge in [0, 0.05) is 12.1 Å². The Morgan fingerprint density at radius 1 is 1.26 bits per heavy atom. The first-order chi connectivity index (χ1) is 8.83. The monoisotopic (exact) mass is 270 g/mol. The maximum atomic E-state index is 12.0. The fourth-order valence-corrected chi connectivity index (χ4v) is 3.00. The van der Waals surface area contributed by atoms with Crippen LogP contribution in [-0.4, -0.2) is 41.6 Å². The van der Waals surface area contributed by atoms with Gasteiger partial charge in [-0.15, -0.1) is 0 Å². The third-order valence-corrected chi connectivity index (χ3v) is 3.96. The number of ether oxygens (including phenoxy) is 1. The topological polar surface area (TPSA) is 55.6 Å². The van der Waals surface area contributed by atoms with Gasteiger partial charge < -0.3 is 10.5 Å². The molecule has 0 radical (unpaired) electrons. The second kappa shape index (κ2) is 6.71. The molecule has 0 unspecified atom stereocenters. The molecule has 0 aromatic rings. The minimum atomic E-state index is -0.418. The van der Waals surface area contributed by atoms with Crippen molar-refractivity contribution < 1.29 is 9.53 Å². The van der Waals surface area contributed by atoms with Gasteiger partial charge in [0.05, 0.1) is 6.54 Å². The van der Waals surface area contributed by atoms with Crippen LogP contribution in [0, 0.1) is 0 Å². The maximum absolute atomic E-state index is 12.0. The number of likely N-dealkylation sites (N-methyl/N-ethyl adjacent to an activating group) is 1. The van der Waals surface area contributed by atoms with E-state index >= 15 is 0 Å². The molecule has 0 spiro atoms. The molecule has 0 heterocycles. The summed E-state index contributed by atoms with van der Waals surface area (Å²) < 4.78 is 5.43. The summed E-state index contributed by atoms with van der Waals surface area (Å²) in [4.78, 5) is 14.2. The summed E-state index contributed by atoms with van der Waals surface area (Å²) in [6.07, 6.45) is 5.90. The molecule has 2 N–H and O–H groups in total. The predicted molar refractivity (Wildman–Crippen MR) is 78.0 cm³/mol. The Labute approximate surface area is 117 Å². The summed E-state index contributed by atoms with van der Waals surface area (Å²) in [7, 11) is 0. The summed E-state index contributed by atoms with van der Waals surface area (Å²) in [5, 5.41) is 0. The third kappa shape index (κ3) is 4.77. The molecule has 1 saturated carbocycles. The Morgan fingerprint density at radius 3 is 2.26 bits per heavy atom. The van der Waals surface area contributed by atoms with Crippen molar-refractivity contribution in [2.75, 3.05) is 19.6 Å². The van der Waals surface area contributed by atoms with Crippen molar-refractivity contribution in [1.29, 1.82) is 0 Å². The molecule has 0 aromatic carbocycles. The molecule has 0 amide bonds. The standard InChI is InChI=1S/C15H30N2O2/c1-5-17(11-13(18)19-14(2,3)4)15(12-16)9-7-6-8-10-15/h5-12,16H2,1-4H3. The molecule has 0 bridgehead atoms. The molecule has 1 rings (SSSR count). The fourth-order valence-electron chi connectivity index (χ4n) is 3.00. The van der Waals surface area contributed by atoms with Crippen molar-refractivity contribution >= 4 is 5.97 Å². The third-order valence-electron chi connectivity index (χ3n) is 3.96. The number of hydrogen-bond donors (Lipinski definition) is 1. The van der Waals surface area contributed by atoms with E-state index in [1.165, 1.54) is 19.3 Å². The van der Waals surface area contributed by atoms with E-state index < -0.39 is 5.60 Å². The Hall–Kier alpha value is -0.610. The molecule has 0 aromatic heterocycles. The lowest BCUT2D eigenvalue weighted by Crippen LogP contribution is -2.56. The van der Waals surface area contributed by atoms with Gasteiger partial charge in [-0.1, -0.05) is 26.2 Å². The second-order valence-corrected chi connectivity index (χ2v) is 6.59. The number of rotatable bonds is 5. The number of nitrogens with zero attached hydrogens (tertiary/aromatic N) is 1. The molecule has 1 aliphatic rings. The maximum Gasteiger partial charge on any atom is 0.320 e. The summed E-state index contributed by atoms with van der Waals surface area (Å²) in [6.45, 7) is 9.63. The van der Waals surface area contributed by atoms with Crippen LogP contribution < -0.4 is 5.73 Å². The molecular formula is C15H30N2O2. The molecule has 19 heavy (non-hydrogen) atoms. The van der Waals surface area contributed by atoms with E-state index in [2.05, 4.69) is 11.8 Å². The van der Waals surface area contributed by atoms with Crippen molar-refractivity contribution in [3.05, 3.63) is 0 Å². The molecule has 1 aliphatic carbocycles. The van der Waals surface area contributed by atoms with Gasteiger partial charge in [0.25, 0.3) is 0 Å².